The summed E-state index contributed by atoms with van der Waals surface area (Å²) in [7, 11) is 0. The second-order valence-corrected chi connectivity index (χ2v) is 6.56. The van der Waals surface area contributed by atoms with Crippen molar-refractivity contribution in [3.63, 3.8) is 0 Å². The molecule has 0 saturated carbocycles. The van der Waals surface area contributed by atoms with E-state index < -0.39 is 29.9 Å². The van der Waals surface area contributed by atoms with Gasteiger partial charge in [0.05, 0.1) is 12.6 Å². The van der Waals surface area contributed by atoms with E-state index in [9.17, 15) is 19.2 Å². The highest BCUT2D eigenvalue weighted by Crippen LogP contribution is 2.18. The molecule has 2 aliphatic heterocycles. The third kappa shape index (κ3) is 5.08. The average molecular weight is 372 g/mol. The summed E-state index contributed by atoms with van der Waals surface area (Å²) < 4.78 is 0. The minimum atomic E-state index is -1.05. The van der Waals surface area contributed by atoms with Gasteiger partial charge in [-0.2, -0.15) is 12.6 Å². The first kappa shape index (κ1) is 19.5. The number of hydrogen-bond donors (Lipinski definition) is 5. The Morgan fingerprint density at radius 3 is 2.60 bits per heavy atom. The van der Waals surface area contributed by atoms with E-state index in [-0.39, 0.29) is 24.2 Å². The van der Waals surface area contributed by atoms with Crippen molar-refractivity contribution in [2.75, 3.05) is 25.4 Å². The van der Waals surface area contributed by atoms with Gasteiger partial charge in [0, 0.05) is 12.3 Å². The fourth-order valence-electron chi connectivity index (χ4n) is 3.12. The van der Waals surface area contributed by atoms with Gasteiger partial charge in [0.1, 0.15) is 12.1 Å². The van der Waals surface area contributed by atoms with E-state index in [1.54, 1.807) is 0 Å². The van der Waals surface area contributed by atoms with Gasteiger partial charge in [-0.15, -0.1) is 0 Å². The van der Waals surface area contributed by atoms with Gasteiger partial charge < -0.3 is 26.0 Å². The maximum atomic E-state index is 12.5. The van der Waals surface area contributed by atoms with Crippen LogP contribution in [-0.4, -0.2) is 77.2 Å². The van der Waals surface area contributed by atoms with Crippen LogP contribution in [0.2, 0.25) is 0 Å². The molecule has 25 heavy (non-hydrogen) atoms. The molecule has 3 atom stereocenters. The normalized spacial score (nSPS) is 24.0. The van der Waals surface area contributed by atoms with E-state index in [0.29, 0.717) is 19.4 Å². The lowest BCUT2D eigenvalue weighted by Crippen LogP contribution is -2.54. The fourth-order valence-corrected chi connectivity index (χ4v) is 3.36. The summed E-state index contributed by atoms with van der Waals surface area (Å²) in [5.41, 5.74) is 0. The lowest BCUT2D eigenvalue weighted by Gasteiger charge is -2.26. The molecule has 9 nitrogen and oxygen atoms in total. The van der Waals surface area contributed by atoms with Crippen molar-refractivity contribution in [2.45, 2.75) is 43.8 Å². The molecule has 0 aromatic heterocycles. The van der Waals surface area contributed by atoms with Crippen molar-refractivity contribution in [3.05, 3.63) is 0 Å². The maximum Gasteiger partial charge on any atom is 0.326 e. The molecule has 2 saturated heterocycles. The SMILES string of the molecule is O=C(CNC(=O)[C@@H]1CCCN1)N[C@@H](CS)C(=O)N1CCC[C@H]1C(=O)O. The van der Waals surface area contributed by atoms with Crippen LogP contribution in [0.15, 0.2) is 0 Å². The average Bonchev–Trinajstić information content (AvgIpc) is 3.28. The van der Waals surface area contributed by atoms with Gasteiger partial charge >= 0.3 is 5.97 Å². The smallest absolute Gasteiger partial charge is 0.326 e. The standard InChI is InChI=1S/C15H24N4O5S/c20-12(7-17-13(21)9-3-1-5-16-9)18-10(8-25)14(22)19-6-2-4-11(19)15(23)24/h9-11,16,25H,1-8H2,(H,17,21)(H,18,20)(H,23,24)/t9-,10-,11-/m0/s1. The third-order valence-electron chi connectivity index (χ3n) is 4.44. The van der Waals surface area contributed by atoms with Crippen molar-refractivity contribution in [3.8, 4) is 0 Å². The zero-order valence-electron chi connectivity index (χ0n) is 13.9. The van der Waals surface area contributed by atoms with Crippen LogP contribution in [0.5, 0.6) is 0 Å². The zero-order valence-corrected chi connectivity index (χ0v) is 14.8. The monoisotopic (exact) mass is 372 g/mol. The lowest BCUT2D eigenvalue weighted by molar-refractivity contribution is -0.149. The number of hydrogen-bond acceptors (Lipinski definition) is 6. The zero-order chi connectivity index (χ0) is 18.4. The summed E-state index contributed by atoms with van der Waals surface area (Å²) in [5.74, 6) is -2.22. The Morgan fingerprint density at radius 1 is 1.24 bits per heavy atom. The molecule has 140 valence electrons. The van der Waals surface area contributed by atoms with Crippen molar-refractivity contribution >= 4 is 36.3 Å². The Kier molecular flexibility index (Phi) is 7.06. The fraction of sp³-hybridized carbons (Fsp3) is 0.733. The topological polar surface area (TPSA) is 128 Å². The quantitative estimate of drug-likeness (QED) is 0.341. The summed E-state index contributed by atoms with van der Waals surface area (Å²) >= 11 is 4.08. The van der Waals surface area contributed by atoms with Crippen molar-refractivity contribution in [2.24, 2.45) is 0 Å². The van der Waals surface area contributed by atoms with E-state index >= 15 is 0 Å². The van der Waals surface area contributed by atoms with Gasteiger partial charge in [0.25, 0.3) is 0 Å². The molecule has 0 spiro atoms. The van der Waals surface area contributed by atoms with Gasteiger partial charge in [-0.25, -0.2) is 4.79 Å². The predicted molar refractivity (Wildman–Crippen MR) is 92.2 cm³/mol. The van der Waals surface area contributed by atoms with Gasteiger partial charge in [0.15, 0.2) is 0 Å². The number of carbonyl (C=O) groups is 4. The van der Waals surface area contributed by atoms with Crippen molar-refractivity contribution in [1.82, 2.24) is 20.9 Å². The molecule has 0 aromatic carbocycles. The molecule has 0 radical (unpaired) electrons. The van der Waals surface area contributed by atoms with Gasteiger partial charge in [-0.1, -0.05) is 0 Å². The van der Waals surface area contributed by atoms with Crippen LogP contribution in [0.1, 0.15) is 25.7 Å². The molecule has 2 fully saturated rings. The van der Waals surface area contributed by atoms with Crippen molar-refractivity contribution in [1.29, 1.82) is 0 Å². The van der Waals surface area contributed by atoms with Crippen LogP contribution in [0.3, 0.4) is 0 Å². The Morgan fingerprint density at radius 2 is 2.00 bits per heavy atom. The first-order valence-electron chi connectivity index (χ1n) is 8.38. The van der Waals surface area contributed by atoms with E-state index in [1.807, 2.05) is 0 Å². The summed E-state index contributed by atoms with van der Waals surface area (Å²) in [4.78, 5) is 48.8. The Labute approximate surface area is 151 Å². The van der Waals surface area contributed by atoms with Gasteiger partial charge in [-0.05, 0) is 32.2 Å². The minimum Gasteiger partial charge on any atom is -0.480 e. The van der Waals surface area contributed by atoms with E-state index in [4.69, 9.17) is 5.11 Å². The Hall–Kier alpha value is -1.81. The molecular weight excluding hydrogens is 348 g/mol. The van der Waals surface area contributed by atoms with E-state index in [1.165, 1.54) is 4.90 Å². The largest absolute Gasteiger partial charge is 0.480 e. The number of amides is 3. The highest BCUT2D eigenvalue weighted by Gasteiger charge is 2.37. The number of nitrogens with zero attached hydrogens (tertiary/aromatic N) is 1. The van der Waals surface area contributed by atoms with Gasteiger partial charge in [-0.3, -0.25) is 14.4 Å². The molecular formula is C15H24N4O5S. The number of likely N-dealkylation sites (tertiary alicyclic amines) is 1. The van der Waals surface area contributed by atoms with Crippen LogP contribution >= 0.6 is 12.6 Å². The summed E-state index contributed by atoms with van der Waals surface area (Å²) in [6, 6.07) is -2.06. The number of aliphatic carboxylic acids is 1. The summed E-state index contributed by atoms with van der Waals surface area (Å²) in [6.07, 6.45) is 2.66. The molecule has 2 aliphatic rings. The number of nitrogens with one attached hydrogen (secondary N) is 3. The number of carboxylic acids is 1. The third-order valence-corrected chi connectivity index (χ3v) is 4.80. The van der Waals surface area contributed by atoms with E-state index in [2.05, 4.69) is 28.6 Å². The lowest BCUT2D eigenvalue weighted by atomic mass is 10.2. The first-order valence-corrected chi connectivity index (χ1v) is 9.02. The summed E-state index contributed by atoms with van der Waals surface area (Å²) in [5, 5.41) is 17.2. The predicted octanol–water partition coefficient (Wildman–Crippen LogP) is -1.66. The Balaban J connectivity index is 1.83. The van der Waals surface area contributed by atoms with Crippen LogP contribution in [0.25, 0.3) is 0 Å². The number of rotatable bonds is 7. The highest BCUT2D eigenvalue weighted by atomic mass is 32.1. The second-order valence-electron chi connectivity index (χ2n) is 6.20. The molecule has 4 N–H and O–H groups in total. The minimum absolute atomic E-state index is 0.0472. The second kappa shape index (κ2) is 9.04. The van der Waals surface area contributed by atoms with E-state index in [0.717, 1.165) is 19.4 Å². The summed E-state index contributed by atoms with van der Waals surface area (Å²) in [6.45, 7) is 0.887. The molecule has 0 bridgehead atoms. The molecule has 3 amide bonds. The van der Waals surface area contributed by atoms with Crippen molar-refractivity contribution < 1.29 is 24.3 Å². The Bertz CT molecular complexity index is 538. The van der Waals surface area contributed by atoms with Crippen LogP contribution in [0.4, 0.5) is 0 Å². The molecule has 0 aromatic rings. The molecule has 0 unspecified atom stereocenters. The maximum absolute atomic E-state index is 12.5. The number of thiol groups is 1. The van der Waals surface area contributed by atoms with Crippen LogP contribution in [0, 0.1) is 0 Å². The number of carbonyl (C=O) groups excluding carboxylic acids is 3. The molecule has 0 aliphatic carbocycles. The molecule has 10 heteroatoms. The van der Waals surface area contributed by atoms with Crippen LogP contribution < -0.4 is 16.0 Å². The van der Waals surface area contributed by atoms with Gasteiger partial charge in [0.2, 0.25) is 17.7 Å². The molecule has 2 rings (SSSR count). The highest BCUT2D eigenvalue weighted by molar-refractivity contribution is 7.80. The van der Waals surface area contributed by atoms with Crippen LogP contribution in [-0.2, 0) is 19.2 Å². The first-order chi connectivity index (χ1) is 11.9. The molecule has 2 heterocycles. The number of carboxylic acid groups (broad SMARTS) is 1.